The van der Waals surface area contributed by atoms with E-state index in [-0.39, 0.29) is 30.3 Å². The van der Waals surface area contributed by atoms with Crippen molar-refractivity contribution in [2.75, 3.05) is 19.8 Å². The van der Waals surface area contributed by atoms with Crippen LogP contribution in [0.25, 0.3) is 0 Å². The molecule has 0 aliphatic carbocycles. The van der Waals surface area contributed by atoms with Crippen molar-refractivity contribution in [2.45, 2.75) is 57.9 Å². The predicted molar refractivity (Wildman–Crippen MR) is 106 cm³/mol. The average Bonchev–Trinajstić information content (AvgIpc) is 2.65. The topological polar surface area (TPSA) is 83.9 Å². The zero-order valence-corrected chi connectivity index (χ0v) is 16.6. The highest BCUT2D eigenvalue weighted by molar-refractivity contribution is 5.81. The number of piperidine rings is 1. The minimum absolute atomic E-state index is 0.0981. The largest absolute Gasteiger partial charge is 0.480 e. The third kappa shape index (κ3) is 7.43. The van der Waals surface area contributed by atoms with Crippen LogP contribution in [0.3, 0.4) is 0 Å². The lowest BCUT2D eigenvalue weighted by atomic mass is 9.86. The number of carbonyl (C=O) groups is 3. The average molecular weight is 389 g/mol. The van der Waals surface area contributed by atoms with Crippen molar-refractivity contribution >= 4 is 17.7 Å². The number of Topliss-reactive ketones (excluding diaryl/α,β-unsaturated/α-hetero) is 1. The molecule has 6 nitrogen and oxygen atoms in total. The van der Waals surface area contributed by atoms with Gasteiger partial charge in [0.25, 0.3) is 0 Å². The molecule has 1 aliphatic heterocycles. The summed E-state index contributed by atoms with van der Waals surface area (Å²) < 4.78 is 5.05. The molecule has 0 saturated carbocycles. The lowest BCUT2D eigenvalue weighted by Crippen LogP contribution is -2.47. The third-order valence-corrected chi connectivity index (χ3v) is 5.23. The Morgan fingerprint density at radius 1 is 1.25 bits per heavy atom. The number of carboxylic acid groups (broad SMARTS) is 1. The molecule has 0 unspecified atom stereocenters. The smallest absolute Gasteiger partial charge is 0.329 e. The number of nitrogens with zero attached hydrogens (tertiary/aromatic N) is 1. The molecule has 1 saturated heterocycles. The van der Waals surface area contributed by atoms with E-state index in [2.05, 4.69) is 6.92 Å². The molecule has 154 valence electrons. The predicted octanol–water partition coefficient (Wildman–Crippen LogP) is 3.09. The van der Waals surface area contributed by atoms with Crippen molar-refractivity contribution in [2.24, 2.45) is 5.92 Å². The number of hydrogen-bond acceptors (Lipinski definition) is 4. The fourth-order valence-electron chi connectivity index (χ4n) is 3.87. The van der Waals surface area contributed by atoms with Crippen LogP contribution in [0.15, 0.2) is 30.3 Å². The fourth-order valence-corrected chi connectivity index (χ4v) is 3.87. The summed E-state index contributed by atoms with van der Waals surface area (Å²) in [6, 6.07) is 9.84. The maximum atomic E-state index is 12.5. The van der Waals surface area contributed by atoms with Crippen molar-refractivity contribution in [1.82, 2.24) is 4.90 Å². The molecule has 1 aliphatic rings. The summed E-state index contributed by atoms with van der Waals surface area (Å²) >= 11 is 0. The molecule has 0 radical (unpaired) electrons. The Kier molecular flexibility index (Phi) is 9.14. The van der Waals surface area contributed by atoms with Gasteiger partial charge >= 0.3 is 5.97 Å². The Morgan fingerprint density at radius 3 is 2.71 bits per heavy atom. The highest BCUT2D eigenvalue weighted by atomic mass is 16.5. The summed E-state index contributed by atoms with van der Waals surface area (Å²) in [5.41, 5.74) is 1.03. The summed E-state index contributed by atoms with van der Waals surface area (Å²) in [5, 5.41) is 8.56. The van der Waals surface area contributed by atoms with E-state index in [1.807, 2.05) is 35.2 Å². The second-order valence-corrected chi connectivity index (χ2v) is 7.58. The van der Waals surface area contributed by atoms with Crippen LogP contribution >= 0.6 is 0 Å². The van der Waals surface area contributed by atoms with Gasteiger partial charge in [-0.05, 0) is 37.2 Å². The summed E-state index contributed by atoms with van der Waals surface area (Å²) in [5.74, 6) is -0.479. The normalized spacial score (nSPS) is 18.1. The Morgan fingerprint density at radius 2 is 2.00 bits per heavy atom. The van der Waals surface area contributed by atoms with E-state index >= 15 is 0 Å². The van der Waals surface area contributed by atoms with Crippen LogP contribution in [0.5, 0.6) is 0 Å². The van der Waals surface area contributed by atoms with Crippen LogP contribution in [0.1, 0.15) is 51.0 Å². The van der Waals surface area contributed by atoms with Gasteiger partial charge < -0.3 is 14.7 Å². The SMILES string of the molecule is C[C@@H](CC(=O)Cc1ccccc1)[C@H]1CCCC(=O)N1CCCCOCC(=O)O. The lowest BCUT2D eigenvalue weighted by molar-refractivity contribution is -0.142. The molecule has 2 atom stereocenters. The number of ether oxygens (including phenoxy) is 1. The van der Waals surface area contributed by atoms with E-state index in [1.165, 1.54) is 0 Å². The Balaban J connectivity index is 1.81. The first-order valence-electron chi connectivity index (χ1n) is 10.1. The summed E-state index contributed by atoms with van der Waals surface area (Å²) in [7, 11) is 0. The van der Waals surface area contributed by atoms with Gasteiger partial charge in [-0.3, -0.25) is 9.59 Å². The van der Waals surface area contributed by atoms with Crippen LogP contribution in [0, 0.1) is 5.92 Å². The third-order valence-electron chi connectivity index (χ3n) is 5.23. The molecule has 1 amide bonds. The Labute approximate surface area is 166 Å². The van der Waals surface area contributed by atoms with E-state index in [0.29, 0.717) is 38.8 Å². The molecule has 2 rings (SSSR count). The van der Waals surface area contributed by atoms with Gasteiger partial charge in [-0.25, -0.2) is 4.79 Å². The molecule has 0 aromatic heterocycles. The van der Waals surface area contributed by atoms with Crippen LogP contribution in [-0.2, 0) is 25.5 Å². The first kappa shape index (κ1) is 22.1. The Bertz CT molecular complexity index is 646. The lowest BCUT2D eigenvalue weighted by Gasteiger charge is -2.39. The standard InChI is InChI=1S/C22H31NO5/c1-17(14-19(24)15-18-8-3-2-4-9-18)20-10-7-11-21(25)23(20)12-5-6-13-28-16-22(26)27/h2-4,8-9,17,20H,5-7,10-16H2,1H3,(H,26,27)/t17-,20+/m0/s1. The van der Waals surface area contributed by atoms with Gasteiger partial charge in [0.2, 0.25) is 5.91 Å². The molecule has 1 aromatic rings. The number of amides is 1. The molecule has 1 aromatic carbocycles. The van der Waals surface area contributed by atoms with E-state index < -0.39 is 5.97 Å². The molecule has 0 spiro atoms. The van der Waals surface area contributed by atoms with Crippen LogP contribution < -0.4 is 0 Å². The molecule has 0 bridgehead atoms. The fraction of sp³-hybridized carbons (Fsp3) is 0.591. The van der Waals surface area contributed by atoms with E-state index in [0.717, 1.165) is 24.8 Å². The monoisotopic (exact) mass is 389 g/mol. The highest BCUT2D eigenvalue weighted by Crippen LogP contribution is 2.27. The first-order valence-corrected chi connectivity index (χ1v) is 10.1. The molecule has 28 heavy (non-hydrogen) atoms. The van der Waals surface area contributed by atoms with Crippen LogP contribution in [0.2, 0.25) is 0 Å². The van der Waals surface area contributed by atoms with Gasteiger partial charge in [0, 0.05) is 38.5 Å². The maximum absolute atomic E-state index is 12.5. The van der Waals surface area contributed by atoms with E-state index in [4.69, 9.17) is 9.84 Å². The number of likely N-dealkylation sites (tertiary alicyclic amines) is 1. The van der Waals surface area contributed by atoms with Crippen molar-refractivity contribution in [1.29, 1.82) is 0 Å². The van der Waals surface area contributed by atoms with Crippen LogP contribution in [0.4, 0.5) is 0 Å². The van der Waals surface area contributed by atoms with Crippen molar-refractivity contribution in [3.8, 4) is 0 Å². The quantitative estimate of drug-likeness (QED) is 0.556. The highest BCUT2D eigenvalue weighted by Gasteiger charge is 2.32. The minimum atomic E-state index is -0.972. The van der Waals surface area contributed by atoms with Crippen LogP contribution in [-0.4, -0.2) is 53.5 Å². The number of benzene rings is 1. The summed E-state index contributed by atoms with van der Waals surface area (Å²) in [4.78, 5) is 37.3. The van der Waals surface area contributed by atoms with Gasteiger partial charge in [0.05, 0.1) is 0 Å². The van der Waals surface area contributed by atoms with E-state index in [9.17, 15) is 14.4 Å². The number of carbonyl (C=O) groups excluding carboxylic acids is 2. The second-order valence-electron chi connectivity index (χ2n) is 7.58. The first-order chi connectivity index (χ1) is 13.5. The molecule has 1 fully saturated rings. The van der Waals surface area contributed by atoms with E-state index in [1.54, 1.807) is 0 Å². The van der Waals surface area contributed by atoms with Gasteiger partial charge in [-0.2, -0.15) is 0 Å². The number of unbranched alkanes of at least 4 members (excludes halogenated alkanes) is 1. The van der Waals surface area contributed by atoms with Crippen molar-refractivity contribution in [3.63, 3.8) is 0 Å². The number of ketones is 1. The van der Waals surface area contributed by atoms with Gasteiger partial charge in [-0.15, -0.1) is 0 Å². The van der Waals surface area contributed by atoms with Crippen molar-refractivity contribution in [3.05, 3.63) is 35.9 Å². The summed E-state index contributed by atoms with van der Waals surface area (Å²) in [6.07, 6.45) is 4.77. The number of aliphatic carboxylic acids is 1. The zero-order valence-electron chi connectivity index (χ0n) is 16.6. The number of hydrogen-bond donors (Lipinski definition) is 1. The van der Waals surface area contributed by atoms with Gasteiger partial charge in [0.1, 0.15) is 12.4 Å². The molecular weight excluding hydrogens is 358 g/mol. The summed E-state index contributed by atoms with van der Waals surface area (Å²) in [6.45, 7) is 2.79. The zero-order chi connectivity index (χ0) is 20.4. The van der Waals surface area contributed by atoms with Crippen molar-refractivity contribution < 1.29 is 24.2 Å². The molecule has 6 heteroatoms. The number of carboxylic acids is 1. The maximum Gasteiger partial charge on any atom is 0.329 e. The Hall–Kier alpha value is -2.21. The van der Waals surface area contributed by atoms with Gasteiger partial charge in [0.15, 0.2) is 0 Å². The number of rotatable bonds is 12. The minimum Gasteiger partial charge on any atom is -0.480 e. The second kappa shape index (κ2) is 11.6. The molecular formula is C22H31NO5. The molecule has 1 heterocycles. The molecule has 1 N–H and O–H groups in total. The van der Waals surface area contributed by atoms with Gasteiger partial charge in [-0.1, -0.05) is 37.3 Å².